The number of nitrogens with zero attached hydrogens (tertiary/aromatic N) is 2. The highest BCUT2D eigenvalue weighted by atomic mass is 32.1. The highest BCUT2D eigenvalue weighted by Gasteiger charge is 2.26. The number of fused-ring (bicyclic) bond motifs is 2. The zero-order valence-electron chi connectivity index (χ0n) is 26.0. The molecule has 0 spiro atoms. The topological polar surface area (TPSA) is 140 Å². The Kier molecular flexibility index (Phi) is 12.0. The molecular formula is C32H38N2O10S. The molecular weight excluding hydrogens is 604 g/mol. The van der Waals surface area contributed by atoms with Gasteiger partial charge in [0.05, 0.1) is 68.6 Å². The zero-order chi connectivity index (χ0) is 32.3. The van der Waals surface area contributed by atoms with Crippen LogP contribution in [-0.4, -0.2) is 74.2 Å². The van der Waals surface area contributed by atoms with Gasteiger partial charge in [0.1, 0.15) is 0 Å². The molecule has 0 saturated heterocycles. The number of methoxy groups -OCH3 is 2. The minimum Gasteiger partial charge on any atom is -0.493 e. The number of Topliss-reactive ketones (excluding diaryl/α,β-unsaturated/α-hetero) is 1. The number of esters is 2. The molecule has 1 aromatic carbocycles. The minimum atomic E-state index is -0.399. The van der Waals surface area contributed by atoms with Gasteiger partial charge in [0.15, 0.2) is 23.0 Å². The van der Waals surface area contributed by atoms with E-state index in [1.807, 2.05) is 12.1 Å². The Bertz CT molecular complexity index is 1540. The van der Waals surface area contributed by atoms with Crippen LogP contribution in [-0.2, 0) is 36.9 Å². The fourth-order valence-electron chi connectivity index (χ4n) is 4.77. The van der Waals surface area contributed by atoms with Gasteiger partial charge in [-0.05, 0) is 43.2 Å². The SMILES string of the molecule is CCOC(=O)CCC(=O)c1cc2nc(OC)c(OCCCOc3cc4c(cc3OC)CN(C(=O)CCC(=O)OCC)C4)cc2s1. The quantitative estimate of drug-likeness (QED) is 0.113. The first-order valence-corrected chi connectivity index (χ1v) is 15.6. The third kappa shape index (κ3) is 8.84. The van der Waals surface area contributed by atoms with Gasteiger partial charge in [-0.2, -0.15) is 0 Å². The molecule has 0 saturated carbocycles. The van der Waals surface area contributed by atoms with E-state index in [-0.39, 0.29) is 49.9 Å². The van der Waals surface area contributed by atoms with Gasteiger partial charge >= 0.3 is 11.9 Å². The Balaban J connectivity index is 1.30. The number of carbonyl (C=O) groups excluding carboxylic acids is 4. The van der Waals surface area contributed by atoms with Gasteiger partial charge in [-0.15, -0.1) is 11.3 Å². The average Bonchev–Trinajstić information content (AvgIpc) is 3.65. The lowest BCUT2D eigenvalue weighted by Crippen LogP contribution is -2.25. The molecule has 2 aromatic heterocycles. The molecule has 12 nitrogen and oxygen atoms in total. The summed E-state index contributed by atoms with van der Waals surface area (Å²) in [4.78, 5) is 55.2. The number of amides is 1. The van der Waals surface area contributed by atoms with Crippen molar-refractivity contribution < 1.29 is 47.6 Å². The van der Waals surface area contributed by atoms with Crippen LogP contribution >= 0.6 is 11.3 Å². The standard InChI is InChI=1S/C32H38N2O10S/c1-5-41-30(37)10-8-23(35)28-16-22-27(45-28)17-26(32(33-22)40-4)44-13-7-12-43-25-15-21-19-34(18-20(21)14-24(25)39-3)29(36)9-11-31(38)42-6-2/h14-17H,5-13,18-19H2,1-4H3. The average molecular weight is 643 g/mol. The number of hydrogen-bond acceptors (Lipinski definition) is 12. The minimum absolute atomic E-state index is 0.0299. The van der Waals surface area contributed by atoms with E-state index in [0.717, 1.165) is 15.8 Å². The van der Waals surface area contributed by atoms with Crippen molar-refractivity contribution in [3.8, 4) is 23.1 Å². The second-order valence-corrected chi connectivity index (χ2v) is 11.2. The van der Waals surface area contributed by atoms with Crippen LogP contribution in [0.2, 0.25) is 0 Å². The Morgan fingerprint density at radius 1 is 0.778 bits per heavy atom. The van der Waals surface area contributed by atoms with Gasteiger partial charge in [-0.3, -0.25) is 19.2 Å². The molecule has 3 heterocycles. The molecule has 0 unspecified atom stereocenters. The molecule has 0 fully saturated rings. The molecule has 0 bridgehead atoms. The van der Waals surface area contributed by atoms with Gasteiger partial charge in [0.25, 0.3) is 5.88 Å². The van der Waals surface area contributed by atoms with Crippen molar-refractivity contribution in [3.63, 3.8) is 0 Å². The van der Waals surface area contributed by atoms with E-state index in [2.05, 4.69) is 4.98 Å². The van der Waals surface area contributed by atoms with Crippen molar-refractivity contribution in [2.45, 2.75) is 59.0 Å². The highest BCUT2D eigenvalue weighted by Crippen LogP contribution is 2.36. The van der Waals surface area contributed by atoms with Crippen molar-refractivity contribution in [2.75, 3.05) is 40.6 Å². The van der Waals surface area contributed by atoms with E-state index in [1.54, 1.807) is 38.0 Å². The number of hydrogen-bond donors (Lipinski definition) is 0. The second kappa shape index (κ2) is 16.1. The maximum atomic E-state index is 12.6. The molecule has 45 heavy (non-hydrogen) atoms. The first-order chi connectivity index (χ1) is 21.8. The molecule has 4 rings (SSSR count). The molecule has 13 heteroatoms. The number of aromatic nitrogens is 1. The van der Waals surface area contributed by atoms with Crippen LogP contribution in [0.25, 0.3) is 10.2 Å². The largest absolute Gasteiger partial charge is 0.493 e. The van der Waals surface area contributed by atoms with Crippen molar-refractivity contribution in [3.05, 3.63) is 40.3 Å². The lowest BCUT2D eigenvalue weighted by molar-refractivity contribution is -0.145. The van der Waals surface area contributed by atoms with Gasteiger partial charge in [-0.1, -0.05) is 0 Å². The van der Waals surface area contributed by atoms with Gasteiger partial charge < -0.3 is 33.3 Å². The Labute approximate surface area is 265 Å². The second-order valence-electron chi connectivity index (χ2n) is 10.1. The molecule has 0 radical (unpaired) electrons. The van der Waals surface area contributed by atoms with Crippen molar-refractivity contribution >= 4 is 45.2 Å². The fraction of sp³-hybridized carbons (Fsp3) is 0.469. The predicted octanol–water partition coefficient (Wildman–Crippen LogP) is 4.87. The summed E-state index contributed by atoms with van der Waals surface area (Å²) in [6.07, 6.45) is 0.795. The molecule has 0 aliphatic carbocycles. The van der Waals surface area contributed by atoms with E-state index in [4.69, 9.17) is 28.4 Å². The normalized spacial score (nSPS) is 12.0. The maximum absolute atomic E-state index is 12.6. The van der Waals surface area contributed by atoms with Crippen LogP contribution in [0.5, 0.6) is 23.1 Å². The Hall–Kier alpha value is -4.39. The third-order valence-electron chi connectivity index (χ3n) is 6.98. The van der Waals surface area contributed by atoms with Crippen LogP contribution in [0, 0.1) is 0 Å². The summed E-state index contributed by atoms with van der Waals surface area (Å²) in [7, 11) is 3.06. The van der Waals surface area contributed by atoms with Crippen LogP contribution in [0.15, 0.2) is 24.3 Å². The summed E-state index contributed by atoms with van der Waals surface area (Å²) in [5.74, 6) is 0.835. The first-order valence-electron chi connectivity index (χ1n) is 14.8. The van der Waals surface area contributed by atoms with Crippen molar-refractivity contribution in [2.24, 2.45) is 0 Å². The van der Waals surface area contributed by atoms with Crippen molar-refractivity contribution in [1.82, 2.24) is 9.88 Å². The molecule has 1 aliphatic heterocycles. The fourth-order valence-corrected chi connectivity index (χ4v) is 5.77. The summed E-state index contributed by atoms with van der Waals surface area (Å²) in [6.45, 7) is 5.55. The third-order valence-corrected chi connectivity index (χ3v) is 8.09. The predicted molar refractivity (Wildman–Crippen MR) is 165 cm³/mol. The molecule has 0 atom stereocenters. The Morgan fingerprint density at radius 3 is 2.02 bits per heavy atom. The number of ketones is 1. The Morgan fingerprint density at radius 2 is 1.40 bits per heavy atom. The monoisotopic (exact) mass is 642 g/mol. The lowest BCUT2D eigenvalue weighted by atomic mass is 10.1. The molecule has 1 amide bonds. The molecule has 1 aliphatic rings. The summed E-state index contributed by atoms with van der Waals surface area (Å²) >= 11 is 1.28. The number of carbonyl (C=O) groups is 4. The zero-order valence-corrected chi connectivity index (χ0v) is 26.8. The summed E-state index contributed by atoms with van der Waals surface area (Å²) in [6, 6.07) is 7.24. The van der Waals surface area contributed by atoms with E-state index < -0.39 is 5.97 Å². The number of ether oxygens (including phenoxy) is 6. The van der Waals surface area contributed by atoms with Crippen molar-refractivity contribution in [1.29, 1.82) is 0 Å². The highest BCUT2D eigenvalue weighted by molar-refractivity contribution is 7.20. The molecule has 0 N–H and O–H groups in total. The number of thiophene rings is 1. The summed E-state index contributed by atoms with van der Waals surface area (Å²) < 4.78 is 33.5. The maximum Gasteiger partial charge on any atom is 0.306 e. The number of pyridine rings is 1. The van der Waals surface area contributed by atoms with Crippen LogP contribution in [0.3, 0.4) is 0 Å². The van der Waals surface area contributed by atoms with Gasteiger partial charge in [0, 0.05) is 38.4 Å². The first kappa shape index (κ1) is 33.5. The summed E-state index contributed by atoms with van der Waals surface area (Å²) in [5, 5.41) is 0. The molecule has 3 aromatic rings. The van der Waals surface area contributed by atoms with Crippen LogP contribution in [0.1, 0.15) is 66.8 Å². The van der Waals surface area contributed by atoms with Gasteiger partial charge in [-0.25, -0.2) is 4.98 Å². The van der Waals surface area contributed by atoms with E-state index in [9.17, 15) is 19.2 Å². The number of benzene rings is 1. The molecule has 242 valence electrons. The van der Waals surface area contributed by atoms with E-state index in [1.165, 1.54) is 18.4 Å². The van der Waals surface area contributed by atoms with E-state index in [0.29, 0.717) is 72.9 Å². The van der Waals surface area contributed by atoms with Gasteiger partial charge in [0.2, 0.25) is 5.91 Å². The number of rotatable bonds is 17. The smallest absolute Gasteiger partial charge is 0.306 e. The van der Waals surface area contributed by atoms with E-state index >= 15 is 0 Å². The van der Waals surface area contributed by atoms with Crippen LogP contribution in [0.4, 0.5) is 0 Å². The summed E-state index contributed by atoms with van der Waals surface area (Å²) in [5.41, 5.74) is 2.54. The van der Waals surface area contributed by atoms with Crippen LogP contribution < -0.4 is 18.9 Å². The lowest BCUT2D eigenvalue weighted by Gasteiger charge is -2.14.